The third kappa shape index (κ3) is 3.58. The Kier molecular flexibility index (Phi) is 5.03. The van der Waals surface area contributed by atoms with Crippen molar-refractivity contribution in [1.82, 2.24) is 5.32 Å². The van der Waals surface area contributed by atoms with E-state index < -0.39 is 29.7 Å². The Morgan fingerprint density at radius 2 is 1.96 bits per heavy atom. The summed E-state index contributed by atoms with van der Waals surface area (Å²) in [6, 6.07) is 6.15. The zero-order valence-electron chi connectivity index (χ0n) is 15.2. The molecule has 0 aromatic heterocycles. The van der Waals surface area contributed by atoms with Crippen LogP contribution in [-0.4, -0.2) is 30.7 Å². The fourth-order valence-corrected chi connectivity index (χ4v) is 3.08. The number of hydrogen-bond acceptors (Lipinski definition) is 4. The van der Waals surface area contributed by atoms with Crippen molar-refractivity contribution in [3.8, 4) is 11.5 Å². The van der Waals surface area contributed by atoms with Crippen LogP contribution in [0.15, 0.2) is 30.3 Å². The van der Waals surface area contributed by atoms with Crippen LogP contribution < -0.4 is 14.8 Å². The van der Waals surface area contributed by atoms with Crippen LogP contribution >= 0.6 is 0 Å². The highest BCUT2D eigenvalue weighted by atomic mass is 19.1. The number of benzene rings is 2. The van der Waals surface area contributed by atoms with Crippen molar-refractivity contribution in [2.24, 2.45) is 0 Å². The molecule has 1 amide bonds. The molecule has 0 spiro atoms. The lowest BCUT2D eigenvalue weighted by atomic mass is 9.95. The van der Waals surface area contributed by atoms with E-state index in [0.29, 0.717) is 5.75 Å². The molecule has 0 fully saturated rings. The average Bonchev–Trinajstić information content (AvgIpc) is 3.02. The van der Waals surface area contributed by atoms with Crippen molar-refractivity contribution < 1.29 is 28.6 Å². The molecule has 2 atom stereocenters. The van der Waals surface area contributed by atoms with E-state index in [1.807, 2.05) is 26.0 Å². The number of halogens is 1. The van der Waals surface area contributed by atoms with Gasteiger partial charge < -0.3 is 19.9 Å². The van der Waals surface area contributed by atoms with Gasteiger partial charge in [-0.2, -0.15) is 0 Å². The Labute approximate surface area is 155 Å². The van der Waals surface area contributed by atoms with Gasteiger partial charge in [0, 0.05) is 5.56 Å². The lowest BCUT2D eigenvalue weighted by molar-refractivity contribution is -0.142. The first-order valence-electron chi connectivity index (χ1n) is 8.42. The molecule has 0 radical (unpaired) electrons. The molecule has 2 unspecified atom stereocenters. The van der Waals surface area contributed by atoms with Gasteiger partial charge in [-0.3, -0.25) is 4.79 Å². The molecule has 1 aliphatic rings. The molecule has 3 rings (SSSR count). The van der Waals surface area contributed by atoms with Gasteiger partial charge in [-0.1, -0.05) is 12.1 Å². The first kappa shape index (κ1) is 18.7. The normalized spacial score (nSPS) is 16.2. The van der Waals surface area contributed by atoms with Gasteiger partial charge in [-0.05, 0) is 48.7 Å². The number of carbonyl (C=O) groups is 2. The van der Waals surface area contributed by atoms with E-state index in [0.717, 1.165) is 22.8 Å². The number of ether oxygens (including phenoxy) is 2. The minimum absolute atomic E-state index is 0.00168. The molecule has 0 saturated carbocycles. The number of hydrogen-bond donors (Lipinski definition) is 2. The molecule has 0 bridgehead atoms. The number of carboxylic acid groups (broad SMARTS) is 1. The lowest BCUT2D eigenvalue weighted by Crippen LogP contribution is -2.37. The Bertz CT molecular complexity index is 911. The molecule has 0 aliphatic carbocycles. The maximum absolute atomic E-state index is 13.9. The first-order valence-corrected chi connectivity index (χ1v) is 8.42. The Morgan fingerprint density at radius 3 is 2.59 bits per heavy atom. The van der Waals surface area contributed by atoms with Gasteiger partial charge in [0.05, 0.1) is 7.11 Å². The number of aryl methyl sites for hydroxylation is 2. The van der Waals surface area contributed by atoms with Gasteiger partial charge in [-0.25, -0.2) is 9.18 Å². The summed E-state index contributed by atoms with van der Waals surface area (Å²) in [5.41, 5.74) is 2.91. The van der Waals surface area contributed by atoms with Crippen LogP contribution in [0, 0.1) is 19.7 Å². The highest BCUT2D eigenvalue weighted by molar-refractivity contribution is 5.90. The van der Waals surface area contributed by atoms with Crippen molar-refractivity contribution in [2.75, 3.05) is 13.7 Å². The van der Waals surface area contributed by atoms with Gasteiger partial charge in [-0.15, -0.1) is 0 Å². The van der Waals surface area contributed by atoms with Gasteiger partial charge in [0.2, 0.25) is 5.91 Å². The number of nitrogens with one attached hydrogen (secondary N) is 1. The number of fused-ring (bicyclic) bond motifs is 1. The summed E-state index contributed by atoms with van der Waals surface area (Å²) in [6.07, 6.45) is 0. The van der Waals surface area contributed by atoms with Gasteiger partial charge >= 0.3 is 5.97 Å². The fourth-order valence-electron chi connectivity index (χ4n) is 3.08. The van der Waals surface area contributed by atoms with Crippen LogP contribution in [0.3, 0.4) is 0 Å². The quantitative estimate of drug-likeness (QED) is 0.842. The number of carboxylic acids is 1. The lowest BCUT2D eigenvalue weighted by Gasteiger charge is -2.18. The van der Waals surface area contributed by atoms with E-state index in [-0.39, 0.29) is 17.9 Å². The second-order valence-corrected chi connectivity index (χ2v) is 6.51. The van der Waals surface area contributed by atoms with E-state index in [1.54, 1.807) is 0 Å². The molecule has 2 aromatic carbocycles. The first-order chi connectivity index (χ1) is 12.8. The van der Waals surface area contributed by atoms with E-state index in [2.05, 4.69) is 5.32 Å². The van der Waals surface area contributed by atoms with Crippen LogP contribution in [0.2, 0.25) is 0 Å². The van der Waals surface area contributed by atoms with Crippen molar-refractivity contribution >= 4 is 11.9 Å². The number of methoxy groups -OCH3 is 1. The molecular weight excluding hydrogens is 353 g/mol. The average molecular weight is 373 g/mol. The molecule has 2 N–H and O–H groups in total. The zero-order chi connectivity index (χ0) is 19.7. The highest BCUT2D eigenvalue weighted by Crippen LogP contribution is 2.36. The highest BCUT2D eigenvalue weighted by Gasteiger charge is 2.34. The summed E-state index contributed by atoms with van der Waals surface area (Å²) < 4.78 is 24.4. The smallest absolute Gasteiger partial charge is 0.330 e. The summed E-state index contributed by atoms with van der Waals surface area (Å²) in [7, 11) is 1.32. The maximum Gasteiger partial charge on any atom is 0.330 e. The van der Waals surface area contributed by atoms with Crippen LogP contribution in [0.5, 0.6) is 11.5 Å². The van der Waals surface area contributed by atoms with Crippen molar-refractivity contribution in [3.05, 3.63) is 58.4 Å². The number of aliphatic carboxylic acids is 1. The summed E-state index contributed by atoms with van der Waals surface area (Å²) >= 11 is 0. The SMILES string of the molecule is COc1ccc(C(NC(=O)C2COc3cc(C)c(C)cc32)C(=O)O)cc1F. The summed E-state index contributed by atoms with van der Waals surface area (Å²) in [5, 5.41) is 12.0. The zero-order valence-corrected chi connectivity index (χ0v) is 15.2. The predicted octanol–water partition coefficient (Wildman–Crippen LogP) is 2.87. The molecular formula is C20H20FNO5. The molecule has 142 valence electrons. The Balaban J connectivity index is 1.85. The summed E-state index contributed by atoms with van der Waals surface area (Å²) in [4.78, 5) is 24.4. The molecule has 2 aromatic rings. The van der Waals surface area contributed by atoms with E-state index in [1.165, 1.54) is 19.2 Å². The van der Waals surface area contributed by atoms with Crippen molar-refractivity contribution in [1.29, 1.82) is 0 Å². The van der Waals surface area contributed by atoms with Crippen molar-refractivity contribution in [3.63, 3.8) is 0 Å². The van der Waals surface area contributed by atoms with Crippen molar-refractivity contribution in [2.45, 2.75) is 25.8 Å². The largest absolute Gasteiger partial charge is 0.494 e. The Hall–Kier alpha value is -3.09. The van der Waals surface area contributed by atoms with Crippen LogP contribution in [0.4, 0.5) is 4.39 Å². The second-order valence-electron chi connectivity index (χ2n) is 6.51. The third-order valence-electron chi connectivity index (χ3n) is 4.77. The van der Waals surface area contributed by atoms with Crippen LogP contribution in [-0.2, 0) is 9.59 Å². The number of rotatable bonds is 5. The minimum atomic E-state index is -1.38. The second kappa shape index (κ2) is 7.26. The summed E-state index contributed by atoms with van der Waals surface area (Å²) in [5.74, 6) is -2.47. The third-order valence-corrected chi connectivity index (χ3v) is 4.77. The molecule has 27 heavy (non-hydrogen) atoms. The van der Waals surface area contributed by atoms with E-state index in [4.69, 9.17) is 9.47 Å². The standard InChI is InChI=1S/C20H20FNO5/c1-10-6-13-14(9-27-17(13)7-11(10)2)19(23)22-18(20(24)25)12-4-5-16(26-3)15(21)8-12/h4-8,14,18H,9H2,1-3H3,(H,22,23)(H,24,25). The molecule has 7 heteroatoms. The molecule has 6 nitrogen and oxygen atoms in total. The van der Waals surface area contributed by atoms with E-state index >= 15 is 0 Å². The predicted molar refractivity (Wildman–Crippen MR) is 95.6 cm³/mol. The number of amides is 1. The monoisotopic (exact) mass is 373 g/mol. The number of carbonyl (C=O) groups excluding carboxylic acids is 1. The van der Waals surface area contributed by atoms with Gasteiger partial charge in [0.1, 0.15) is 18.3 Å². The fraction of sp³-hybridized carbons (Fsp3) is 0.300. The summed E-state index contributed by atoms with van der Waals surface area (Å²) in [6.45, 7) is 4.02. The van der Waals surface area contributed by atoms with Gasteiger partial charge in [0.25, 0.3) is 0 Å². The van der Waals surface area contributed by atoms with Crippen LogP contribution in [0.25, 0.3) is 0 Å². The van der Waals surface area contributed by atoms with E-state index in [9.17, 15) is 19.1 Å². The van der Waals surface area contributed by atoms with Gasteiger partial charge in [0.15, 0.2) is 17.6 Å². The maximum atomic E-state index is 13.9. The minimum Gasteiger partial charge on any atom is -0.494 e. The van der Waals surface area contributed by atoms with Crippen LogP contribution in [0.1, 0.15) is 34.2 Å². The molecule has 1 heterocycles. The Morgan fingerprint density at radius 1 is 1.26 bits per heavy atom. The molecule has 0 saturated heterocycles. The molecule has 1 aliphatic heterocycles. The topological polar surface area (TPSA) is 84.9 Å².